The first-order chi connectivity index (χ1) is 5.77. The zero-order valence-electron chi connectivity index (χ0n) is 7.74. The van der Waals surface area contributed by atoms with Crippen LogP contribution in [-0.2, 0) is 0 Å². The van der Waals surface area contributed by atoms with Gasteiger partial charge in [0.25, 0.3) is 0 Å². The lowest BCUT2D eigenvalue weighted by molar-refractivity contribution is 0.00988. The molecule has 12 heavy (non-hydrogen) atoms. The SMILES string of the molecule is CC1CC(O)C2CC=CCC2C1. The molecule has 2 rings (SSSR count). The van der Waals surface area contributed by atoms with Gasteiger partial charge in [0.15, 0.2) is 0 Å². The summed E-state index contributed by atoms with van der Waals surface area (Å²) in [6, 6.07) is 0. The molecule has 0 heterocycles. The molecule has 0 saturated heterocycles. The summed E-state index contributed by atoms with van der Waals surface area (Å²) in [7, 11) is 0. The summed E-state index contributed by atoms with van der Waals surface area (Å²) in [6.45, 7) is 2.26. The Bertz CT molecular complexity index is 185. The maximum Gasteiger partial charge on any atom is 0.0576 e. The van der Waals surface area contributed by atoms with Crippen LogP contribution in [0.5, 0.6) is 0 Å². The van der Waals surface area contributed by atoms with E-state index in [1.807, 2.05) is 0 Å². The number of hydrogen-bond acceptors (Lipinski definition) is 1. The quantitative estimate of drug-likeness (QED) is 0.548. The zero-order chi connectivity index (χ0) is 8.55. The van der Waals surface area contributed by atoms with Gasteiger partial charge in [-0.3, -0.25) is 0 Å². The molecule has 1 N–H and O–H groups in total. The second-order valence-electron chi connectivity index (χ2n) is 4.51. The van der Waals surface area contributed by atoms with Crippen molar-refractivity contribution in [2.75, 3.05) is 0 Å². The Morgan fingerprint density at radius 1 is 1.17 bits per heavy atom. The van der Waals surface area contributed by atoms with Crippen molar-refractivity contribution in [2.45, 2.75) is 38.7 Å². The van der Waals surface area contributed by atoms with Crippen LogP contribution in [-0.4, -0.2) is 11.2 Å². The van der Waals surface area contributed by atoms with Crippen molar-refractivity contribution < 1.29 is 5.11 Å². The maximum atomic E-state index is 9.84. The summed E-state index contributed by atoms with van der Waals surface area (Å²) in [5.74, 6) is 2.08. The molecule has 4 unspecified atom stereocenters. The largest absolute Gasteiger partial charge is 0.393 e. The van der Waals surface area contributed by atoms with Gasteiger partial charge in [-0.25, -0.2) is 0 Å². The Hall–Kier alpha value is -0.300. The molecular weight excluding hydrogens is 148 g/mol. The molecular formula is C11H18O. The van der Waals surface area contributed by atoms with Crippen LogP contribution in [0.1, 0.15) is 32.6 Å². The Morgan fingerprint density at radius 2 is 1.92 bits per heavy atom. The molecule has 2 aliphatic carbocycles. The van der Waals surface area contributed by atoms with E-state index < -0.39 is 0 Å². The topological polar surface area (TPSA) is 20.2 Å². The minimum Gasteiger partial charge on any atom is -0.393 e. The predicted molar refractivity (Wildman–Crippen MR) is 49.8 cm³/mol. The lowest BCUT2D eigenvalue weighted by Gasteiger charge is -2.39. The van der Waals surface area contributed by atoms with E-state index in [4.69, 9.17) is 0 Å². The summed E-state index contributed by atoms with van der Waals surface area (Å²) in [5, 5.41) is 9.84. The minimum atomic E-state index is -0.0244. The normalized spacial score (nSPS) is 47.2. The number of fused-ring (bicyclic) bond motifs is 1. The summed E-state index contributed by atoms with van der Waals surface area (Å²) in [6.07, 6.45) is 9.15. The van der Waals surface area contributed by atoms with E-state index in [1.165, 1.54) is 12.8 Å². The fourth-order valence-corrected chi connectivity index (χ4v) is 2.83. The van der Waals surface area contributed by atoms with Crippen molar-refractivity contribution in [3.8, 4) is 0 Å². The van der Waals surface area contributed by atoms with E-state index in [-0.39, 0.29) is 6.10 Å². The highest BCUT2D eigenvalue weighted by Crippen LogP contribution is 2.40. The average molecular weight is 166 g/mol. The highest BCUT2D eigenvalue weighted by atomic mass is 16.3. The van der Waals surface area contributed by atoms with E-state index >= 15 is 0 Å². The van der Waals surface area contributed by atoms with Crippen LogP contribution in [0.15, 0.2) is 12.2 Å². The smallest absolute Gasteiger partial charge is 0.0576 e. The molecule has 0 aliphatic heterocycles. The Kier molecular flexibility index (Phi) is 2.22. The molecule has 0 aromatic rings. The molecule has 2 aliphatic rings. The third-order valence-electron chi connectivity index (χ3n) is 3.46. The maximum absolute atomic E-state index is 9.84. The lowest BCUT2D eigenvalue weighted by Crippen LogP contribution is -2.36. The van der Waals surface area contributed by atoms with Gasteiger partial charge in [-0.2, -0.15) is 0 Å². The number of hydrogen-bond donors (Lipinski definition) is 1. The van der Waals surface area contributed by atoms with Crippen molar-refractivity contribution in [2.24, 2.45) is 17.8 Å². The molecule has 0 aromatic heterocycles. The highest BCUT2D eigenvalue weighted by molar-refractivity contribution is 4.99. The Labute approximate surface area is 74.5 Å². The van der Waals surface area contributed by atoms with Crippen LogP contribution >= 0.6 is 0 Å². The Balaban J connectivity index is 2.08. The number of aliphatic hydroxyl groups is 1. The van der Waals surface area contributed by atoms with E-state index in [2.05, 4.69) is 19.1 Å². The van der Waals surface area contributed by atoms with Crippen molar-refractivity contribution >= 4 is 0 Å². The molecule has 0 bridgehead atoms. The molecule has 0 spiro atoms. The second-order valence-corrected chi connectivity index (χ2v) is 4.51. The summed E-state index contributed by atoms with van der Waals surface area (Å²) in [5.41, 5.74) is 0. The molecule has 68 valence electrons. The van der Waals surface area contributed by atoms with Gasteiger partial charge in [-0.15, -0.1) is 0 Å². The van der Waals surface area contributed by atoms with Crippen LogP contribution in [0.4, 0.5) is 0 Å². The van der Waals surface area contributed by atoms with Crippen LogP contribution in [0, 0.1) is 17.8 Å². The molecule has 4 atom stereocenters. The number of aliphatic hydroxyl groups excluding tert-OH is 1. The van der Waals surface area contributed by atoms with Gasteiger partial charge in [-0.1, -0.05) is 19.1 Å². The molecule has 0 radical (unpaired) electrons. The molecule has 1 heteroatoms. The second kappa shape index (κ2) is 3.21. The summed E-state index contributed by atoms with van der Waals surface area (Å²) >= 11 is 0. The van der Waals surface area contributed by atoms with Gasteiger partial charge < -0.3 is 5.11 Å². The Morgan fingerprint density at radius 3 is 2.75 bits per heavy atom. The van der Waals surface area contributed by atoms with Gasteiger partial charge in [-0.05, 0) is 43.4 Å². The minimum absolute atomic E-state index is 0.0244. The third-order valence-corrected chi connectivity index (χ3v) is 3.46. The molecule has 0 amide bonds. The van der Waals surface area contributed by atoms with E-state index in [1.54, 1.807) is 0 Å². The number of allylic oxidation sites excluding steroid dienone is 2. The highest BCUT2D eigenvalue weighted by Gasteiger charge is 2.34. The molecule has 0 aromatic carbocycles. The first-order valence-corrected chi connectivity index (χ1v) is 5.10. The van der Waals surface area contributed by atoms with Crippen molar-refractivity contribution in [3.05, 3.63) is 12.2 Å². The van der Waals surface area contributed by atoms with Crippen LogP contribution in [0.25, 0.3) is 0 Å². The van der Waals surface area contributed by atoms with Gasteiger partial charge in [0.1, 0.15) is 0 Å². The van der Waals surface area contributed by atoms with Crippen LogP contribution < -0.4 is 0 Å². The van der Waals surface area contributed by atoms with Crippen molar-refractivity contribution in [3.63, 3.8) is 0 Å². The molecule has 1 saturated carbocycles. The third kappa shape index (κ3) is 1.42. The monoisotopic (exact) mass is 166 g/mol. The lowest BCUT2D eigenvalue weighted by atomic mass is 9.68. The summed E-state index contributed by atoms with van der Waals surface area (Å²) in [4.78, 5) is 0. The van der Waals surface area contributed by atoms with Gasteiger partial charge in [0, 0.05) is 0 Å². The fourth-order valence-electron chi connectivity index (χ4n) is 2.83. The molecule has 1 fully saturated rings. The number of rotatable bonds is 0. The molecule has 1 nitrogen and oxygen atoms in total. The first-order valence-electron chi connectivity index (χ1n) is 5.10. The standard InChI is InChI=1S/C11H18O/c1-8-6-9-4-2-3-5-10(9)11(12)7-8/h2-3,8-12H,4-7H2,1H3. The van der Waals surface area contributed by atoms with E-state index in [9.17, 15) is 5.11 Å². The van der Waals surface area contributed by atoms with Crippen molar-refractivity contribution in [1.82, 2.24) is 0 Å². The van der Waals surface area contributed by atoms with Gasteiger partial charge in [0.2, 0.25) is 0 Å². The van der Waals surface area contributed by atoms with Gasteiger partial charge in [0.05, 0.1) is 6.10 Å². The fraction of sp³-hybridized carbons (Fsp3) is 0.818. The zero-order valence-corrected chi connectivity index (χ0v) is 7.74. The summed E-state index contributed by atoms with van der Waals surface area (Å²) < 4.78 is 0. The van der Waals surface area contributed by atoms with E-state index in [0.717, 1.165) is 24.7 Å². The first kappa shape index (κ1) is 8.31. The predicted octanol–water partition coefficient (Wildman–Crippen LogP) is 2.36. The van der Waals surface area contributed by atoms with Gasteiger partial charge >= 0.3 is 0 Å². The van der Waals surface area contributed by atoms with E-state index in [0.29, 0.717) is 5.92 Å². The van der Waals surface area contributed by atoms with Crippen LogP contribution in [0.2, 0.25) is 0 Å². The van der Waals surface area contributed by atoms with Crippen LogP contribution in [0.3, 0.4) is 0 Å². The van der Waals surface area contributed by atoms with Crippen molar-refractivity contribution in [1.29, 1.82) is 0 Å². The average Bonchev–Trinajstić information content (AvgIpc) is 2.04.